The van der Waals surface area contributed by atoms with Gasteiger partial charge in [-0.2, -0.15) is 0 Å². The Bertz CT molecular complexity index is 1130. The first-order chi connectivity index (χ1) is 14.6. The van der Waals surface area contributed by atoms with Crippen LogP contribution in [0.25, 0.3) is 10.9 Å². The number of benzene rings is 3. The smallest absolute Gasteiger partial charge is 0.220 e. The maximum atomic E-state index is 13.1. The monoisotopic (exact) mass is 400 g/mol. The topological polar surface area (TPSA) is 34.0 Å². The van der Waals surface area contributed by atoms with Crippen LogP contribution >= 0.6 is 0 Å². The van der Waals surface area contributed by atoms with Crippen molar-refractivity contribution in [2.75, 3.05) is 0 Å². The molecule has 1 amide bonds. The maximum absolute atomic E-state index is 13.1. The molecule has 0 spiro atoms. The summed E-state index contributed by atoms with van der Waals surface area (Å²) >= 11 is 0. The van der Waals surface area contributed by atoms with Gasteiger partial charge in [0.25, 0.3) is 0 Å². The zero-order chi connectivity index (χ0) is 20.9. The van der Waals surface area contributed by atoms with Crippen LogP contribution < -0.4 is 5.32 Å². The average molecular weight is 400 g/mol. The van der Waals surface area contributed by atoms with E-state index in [4.69, 9.17) is 0 Å². The molecule has 0 radical (unpaired) electrons. The van der Waals surface area contributed by atoms with E-state index in [-0.39, 0.29) is 17.6 Å². The SMILES string of the molecule is Cn1cc(C(CC(=O)NCc2ccc(F)cc2)Cc2ccccc2)c2ccccc21. The number of aromatic nitrogens is 1. The van der Waals surface area contributed by atoms with Crippen molar-refractivity contribution in [3.63, 3.8) is 0 Å². The number of nitrogens with one attached hydrogen (secondary N) is 1. The van der Waals surface area contributed by atoms with E-state index in [1.165, 1.54) is 28.6 Å². The van der Waals surface area contributed by atoms with Gasteiger partial charge in [0.15, 0.2) is 0 Å². The highest BCUT2D eigenvalue weighted by Crippen LogP contribution is 2.32. The van der Waals surface area contributed by atoms with E-state index < -0.39 is 0 Å². The fourth-order valence-electron chi connectivity index (χ4n) is 3.99. The number of halogens is 1. The van der Waals surface area contributed by atoms with Crippen LogP contribution in [0.2, 0.25) is 0 Å². The Morgan fingerprint density at radius 2 is 1.63 bits per heavy atom. The summed E-state index contributed by atoms with van der Waals surface area (Å²) in [5, 5.41) is 4.18. The van der Waals surface area contributed by atoms with E-state index in [2.05, 4.69) is 40.3 Å². The van der Waals surface area contributed by atoms with Crippen molar-refractivity contribution in [1.29, 1.82) is 0 Å². The largest absolute Gasteiger partial charge is 0.352 e. The summed E-state index contributed by atoms with van der Waals surface area (Å²) in [6.07, 6.45) is 3.33. The molecule has 152 valence electrons. The highest BCUT2D eigenvalue weighted by Gasteiger charge is 2.21. The van der Waals surface area contributed by atoms with Gasteiger partial charge in [0, 0.05) is 37.1 Å². The highest BCUT2D eigenvalue weighted by atomic mass is 19.1. The Kier molecular flexibility index (Phi) is 5.94. The molecular formula is C26H25FN2O. The highest BCUT2D eigenvalue weighted by molar-refractivity contribution is 5.86. The van der Waals surface area contributed by atoms with Crippen molar-refractivity contribution < 1.29 is 9.18 Å². The van der Waals surface area contributed by atoms with Gasteiger partial charge in [-0.25, -0.2) is 4.39 Å². The molecule has 4 aromatic rings. The minimum Gasteiger partial charge on any atom is -0.352 e. The lowest BCUT2D eigenvalue weighted by Crippen LogP contribution is -2.25. The summed E-state index contributed by atoms with van der Waals surface area (Å²) in [6.45, 7) is 0.396. The second-order valence-electron chi connectivity index (χ2n) is 7.71. The Balaban J connectivity index is 1.55. The van der Waals surface area contributed by atoms with Crippen molar-refractivity contribution in [2.45, 2.75) is 25.3 Å². The van der Waals surface area contributed by atoms with Gasteiger partial charge in [-0.1, -0.05) is 60.7 Å². The third-order valence-corrected chi connectivity index (χ3v) is 5.53. The number of amides is 1. The molecule has 4 rings (SSSR count). The van der Waals surface area contributed by atoms with Crippen LogP contribution in [-0.4, -0.2) is 10.5 Å². The van der Waals surface area contributed by atoms with Gasteiger partial charge >= 0.3 is 0 Å². The summed E-state index contributed by atoms with van der Waals surface area (Å²) < 4.78 is 15.2. The molecule has 1 aromatic heterocycles. The number of hydrogen-bond donors (Lipinski definition) is 1. The third kappa shape index (κ3) is 4.60. The molecule has 0 saturated carbocycles. The number of rotatable bonds is 7. The molecule has 1 heterocycles. The molecule has 3 aromatic carbocycles. The van der Waals surface area contributed by atoms with Gasteiger partial charge in [0.05, 0.1) is 0 Å². The number of carbonyl (C=O) groups excluding carboxylic acids is 1. The van der Waals surface area contributed by atoms with Crippen LogP contribution in [0.3, 0.4) is 0 Å². The summed E-state index contributed by atoms with van der Waals surface area (Å²) in [4.78, 5) is 12.8. The Labute approximate surface area is 176 Å². The molecule has 3 nitrogen and oxygen atoms in total. The van der Waals surface area contributed by atoms with Crippen LogP contribution in [0, 0.1) is 5.82 Å². The first-order valence-corrected chi connectivity index (χ1v) is 10.2. The number of nitrogens with zero attached hydrogens (tertiary/aromatic N) is 1. The van der Waals surface area contributed by atoms with Crippen LogP contribution in [-0.2, 0) is 24.8 Å². The summed E-state index contributed by atoms with van der Waals surface area (Å²) in [7, 11) is 2.04. The van der Waals surface area contributed by atoms with Crippen molar-refractivity contribution >= 4 is 16.8 Å². The average Bonchev–Trinajstić information content (AvgIpc) is 3.10. The molecule has 0 aliphatic carbocycles. The van der Waals surface area contributed by atoms with Gasteiger partial charge in [-0.3, -0.25) is 4.79 Å². The Hall–Kier alpha value is -3.40. The molecule has 4 heteroatoms. The lowest BCUT2D eigenvalue weighted by atomic mass is 9.88. The molecule has 0 bridgehead atoms. The molecule has 0 aliphatic rings. The van der Waals surface area contributed by atoms with Gasteiger partial charge in [0.2, 0.25) is 5.91 Å². The molecule has 0 fully saturated rings. The van der Waals surface area contributed by atoms with Crippen LogP contribution in [0.15, 0.2) is 85.1 Å². The van der Waals surface area contributed by atoms with Gasteiger partial charge in [0.1, 0.15) is 5.82 Å². The van der Waals surface area contributed by atoms with Crippen molar-refractivity contribution in [3.05, 3.63) is 108 Å². The second kappa shape index (κ2) is 8.95. The number of aryl methyl sites for hydroxylation is 1. The molecule has 30 heavy (non-hydrogen) atoms. The van der Waals surface area contributed by atoms with Gasteiger partial charge in [-0.15, -0.1) is 0 Å². The van der Waals surface area contributed by atoms with E-state index in [0.29, 0.717) is 13.0 Å². The van der Waals surface area contributed by atoms with E-state index in [0.717, 1.165) is 17.5 Å². The summed E-state index contributed by atoms with van der Waals surface area (Å²) in [5.41, 5.74) is 4.45. The molecule has 1 atom stereocenters. The predicted octanol–water partition coefficient (Wildman–Crippen LogP) is 5.35. The van der Waals surface area contributed by atoms with Gasteiger partial charge < -0.3 is 9.88 Å². The third-order valence-electron chi connectivity index (χ3n) is 5.53. The minimum atomic E-state index is -0.274. The summed E-state index contributed by atoms with van der Waals surface area (Å²) in [6, 6.07) is 24.8. The molecule has 0 saturated heterocycles. The molecule has 0 aliphatic heterocycles. The second-order valence-corrected chi connectivity index (χ2v) is 7.71. The van der Waals surface area contributed by atoms with Crippen LogP contribution in [0.4, 0.5) is 4.39 Å². The first-order valence-electron chi connectivity index (χ1n) is 10.2. The fourth-order valence-corrected chi connectivity index (χ4v) is 3.99. The lowest BCUT2D eigenvalue weighted by Gasteiger charge is -2.17. The zero-order valence-electron chi connectivity index (χ0n) is 17.0. The van der Waals surface area contributed by atoms with Crippen molar-refractivity contribution in [2.24, 2.45) is 7.05 Å². The van der Waals surface area contributed by atoms with Crippen molar-refractivity contribution in [3.8, 4) is 0 Å². The van der Waals surface area contributed by atoms with Crippen LogP contribution in [0.5, 0.6) is 0 Å². The van der Waals surface area contributed by atoms with E-state index >= 15 is 0 Å². The standard InChI is InChI=1S/C26H25FN2O/c1-29-18-24(23-9-5-6-10-25(23)29)21(15-19-7-3-2-4-8-19)16-26(30)28-17-20-11-13-22(27)14-12-20/h2-14,18,21H,15-17H2,1H3,(H,28,30). The van der Waals surface area contributed by atoms with Gasteiger partial charge in [-0.05, 0) is 47.2 Å². The summed E-state index contributed by atoms with van der Waals surface area (Å²) in [5.74, 6) is -0.219. The first kappa shape index (κ1) is 19.9. The molecule has 1 N–H and O–H groups in total. The molecular weight excluding hydrogens is 375 g/mol. The fraction of sp³-hybridized carbons (Fsp3) is 0.192. The minimum absolute atomic E-state index is 0.00631. The number of carbonyl (C=O) groups is 1. The molecule has 1 unspecified atom stereocenters. The van der Waals surface area contributed by atoms with E-state index in [1.807, 2.05) is 37.4 Å². The zero-order valence-corrected chi connectivity index (χ0v) is 17.0. The Morgan fingerprint density at radius 1 is 0.933 bits per heavy atom. The van der Waals surface area contributed by atoms with E-state index in [9.17, 15) is 9.18 Å². The maximum Gasteiger partial charge on any atom is 0.220 e. The van der Waals surface area contributed by atoms with E-state index in [1.54, 1.807) is 12.1 Å². The normalized spacial score (nSPS) is 12.1. The number of fused-ring (bicyclic) bond motifs is 1. The predicted molar refractivity (Wildman–Crippen MR) is 119 cm³/mol. The van der Waals surface area contributed by atoms with Crippen molar-refractivity contribution in [1.82, 2.24) is 9.88 Å². The quantitative estimate of drug-likeness (QED) is 0.446. The number of para-hydroxylation sites is 1. The number of hydrogen-bond acceptors (Lipinski definition) is 1. The lowest BCUT2D eigenvalue weighted by molar-refractivity contribution is -0.121. The Morgan fingerprint density at radius 3 is 2.40 bits per heavy atom. The van der Waals surface area contributed by atoms with Crippen LogP contribution in [0.1, 0.15) is 29.0 Å².